The van der Waals surface area contributed by atoms with Gasteiger partial charge in [-0.1, -0.05) is 75.4 Å². The van der Waals surface area contributed by atoms with Crippen molar-refractivity contribution in [2.75, 3.05) is 11.9 Å². The predicted octanol–water partition coefficient (Wildman–Crippen LogP) is 6.49. The number of rotatable bonds is 8. The van der Waals surface area contributed by atoms with Gasteiger partial charge in [-0.15, -0.1) is 0 Å². The van der Waals surface area contributed by atoms with E-state index in [1.807, 2.05) is 54.6 Å². The lowest BCUT2D eigenvalue weighted by Crippen LogP contribution is -2.27. The molecule has 4 rings (SSSR count). The van der Waals surface area contributed by atoms with Gasteiger partial charge in [-0.2, -0.15) is 0 Å². The van der Waals surface area contributed by atoms with E-state index in [0.717, 1.165) is 41.2 Å². The first-order valence-electron chi connectivity index (χ1n) is 11.4. The van der Waals surface area contributed by atoms with Gasteiger partial charge >= 0.3 is 6.09 Å². The zero-order valence-electron chi connectivity index (χ0n) is 18.2. The molecule has 0 radical (unpaired) electrons. The molecule has 1 fully saturated rings. The van der Waals surface area contributed by atoms with Crippen LogP contribution in [0.4, 0.5) is 10.5 Å². The monoisotopic (exact) mass is 420 g/mol. The van der Waals surface area contributed by atoms with Crippen molar-refractivity contribution in [3.8, 4) is 0 Å². The Bertz CT molecular complexity index is 958. The second-order valence-electron chi connectivity index (χ2n) is 8.62. The van der Waals surface area contributed by atoms with E-state index in [2.05, 4.69) is 17.6 Å². The number of fused-ring (bicyclic) bond motifs is 1. The lowest BCUT2D eigenvalue weighted by atomic mass is 9.81. The third-order valence-corrected chi connectivity index (χ3v) is 6.31. The maximum absolute atomic E-state index is 12.3. The van der Waals surface area contributed by atoms with E-state index in [-0.39, 0.29) is 6.61 Å². The molecule has 2 N–H and O–H groups in total. The minimum atomic E-state index is -0.483. The van der Waals surface area contributed by atoms with E-state index >= 15 is 0 Å². The summed E-state index contributed by atoms with van der Waals surface area (Å²) in [6.07, 6.45) is 6.37. The minimum absolute atomic E-state index is 0.0971. The highest BCUT2D eigenvalue weighted by Crippen LogP contribution is 2.29. The molecule has 2 aromatic carbocycles. The zero-order valence-corrected chi connectivity index (χ0v) is 18.2. The average Bonchev–Trinajstić information content (AvgIpc) is 3.22. The topological polar surface area (TPSA) is 63.5 Å². The summed E-state index contributed by atoms with van der Waals surface area (Å²) in [6, 6.07) is 17.5. The van der Waals surface area contributed by atoms with E-state index < -0.39 is 6.09 Å². The molecule has 1 heterocycles. The van der Waals surface area contributed by atoms with E-state index in [1.54, 1.807) is 0 Å². The molecule has 5 heteroatoms. The molecular formula is C26H32N2O3. The number of hydrogen-bond acceptors (Lipinski definition) is 4. The van der Waals surface area contributed by atoms with Crippen molar-refractivity contribution in [2.24, 2.45) is 11.8 Å². The van der Waals surface area contributed by atoms with Crippen molar-refractivity contribution in [1.29, 1.82) is 0 Å². The van der Waals surface area contributed by atoms with Crippen LogP contribution >= 0.6 is 0 Å². The van der Waals surface area contributed by atoms with Gasteiger partial charge in [0, 0.05) is 17.6 Å². The van der Waals surface area contributed by atoms with Crippen LogP contribution in [0.3, 0.4) is 0 Å². The van der Waals surface area contributed by atoms with Crippen molar-refractivity contribution in [2.45, 2.75) is 52.2 Å². The van der Waals surface area contributed by atoms with Crippen molar-refractivity contribution in [1.82, 2.24) is 5.32 Å². The number of benzene rings is 2. The van der Waals surface area contributed by atoms with Crippen molar-refractivity contribution < 1.29 is 13.9 Å². The van der Waals surface area contributed by atoms with Crippen LogP contribution in [-0.4, -0.2) is 12.6 Å². The highest BCUT2D eigenvalue weighted by Gasteiger charge is 2.19. The van der Waals surface area contributed by atoms with Crippen LogP contribution in [0.2, 0.25) is 0 Å². The van der Waals surface area contributed by atoms with Gasteiger partial charge < -0.3 is 14.5 Å². The summed E-state index contributed by atoms with van der Waals surface area (Å²) in [6.45, 7) is 4.16. The fraction of sp³-hybridized carbons (Fsp3) is 0.423. The third-order valence-electron chi connectivity index (χ3n) is 6.31. The van der Waals surface area contributed by atoms with Crippen LogP contribution in [0.15, 0.2) is 59.0 Å². The lowest BCUT2D eigenvalue weighted by molar-refractivity contribution is 0.147. The smallest absolute Gasteiger partial charge is 0.412 e. The first kappa shape index (κ1) is 21.4. The van der Waals surface area contributed by atoms with Crippen LogP contribution in [-0.2, 0) is 17.9 Å². The number of para-hydroxylation sites is 2. The number of hydrogen-bond donors (Lipinski definition) is 2. The molecule has 1 unspecified atom stereocenters. The van der Waals surface area contributed by atoms with Crippen molar-refractivity contribution in [3.05, 3.63) is 65.9 Å². The van der Waals surface area contributed by atoms with Gasteiger partial charge in [-0.25, -0.2) is 4.79 Å². The Labute approximate surface area is 184 Å². The first-order valence-corrected chi connectivity index (χ1v) is 11.4. The maximum atomic E-state index is 12.3. The second-order valence-corrected chi connectivity index (χ2v) is 8.62. The van der Waals surface area contributed by atoms with Gasteiger partial charge in [0.2, 0.25) is 0 Å². The predicted molar refractivity (Wildman–Crippen MR) is 124 cm³/mol. The molecule has 0 bridgehead atoms. The quantitative estimate of drug-likeness (QED) is 0.437. The molecule has 1 saturated carbocycles. The maximum Gasteiger partial charge on any atom is 0.412 e. The number of furan rings is 1. The summed E-state index contributed by atoms with van der Waals surface area (Å²) in [4.78, 5) is 12.3. The van der Waals surface area contributed by atoms with Crippen LogP contribution in [0.5, 0.6) is 0 Å². The summed E-state index contributed by atoms with van der Waals surface area (Å²) >= 11 is 0. The van der Waals surface area contributed by atoms with E-state index in [1.165, 1.54) is 32.1 Å². The molecule has 5 nitrogen and oxygen atoms in total. The number of carbonyl (C=O) groups is 1. The molecule has 0 aliphatic heterocycles. The van der Waals surface area contributed by atoms with E-state index in [4.69, 9.17) is 9.15 Å². The van der Waals surface area contributed by atoms with Crippen LogP contribution in [0.1, 0.15) is 50.4 Å². The molecule has 1 amide bonds. The second kappa shape index (κ2) is 10.5. The largest absolute Gasteiger partial charge is 0.457 e. The van der Waals surface area contributed by atoms with Gasteiger partial charge in [0.15, 0.2) is 6.61 Å². The molecule has 1 atom stereocenters. The Hall–Kier alpha value is -2.79. The van der Waals surface area contributed by atoms with Crippen molar-refractivity contribution >= 4 is 22.7 Å². The highest BCUT2D eigenvalue weighted by molar-refractivity contribution is 5.85. The van der Waals surface area contributed by atoms with Gasteiger partial charge in [0.25, 0.3) is 0 Å². The minimum Gasteiger partial charge on any atom is -0.457 e. The van der Waals surface area contributed by atoms with E-state index in [0.29, 0.717) is 11.7 Å². The summed E-state index contributed by atoms with van der Waals surface area (Å²) in [5, 5.41) is 7.45. The molecule has 1 aromatic heterocycles. The Morgan fingerprint density at radius 2 is 1.87 bits per heavy atom. The molecule has 3 aromatic rings. The molecule has 1 aliphatic carbocycles. The Balaban J connectivity index is 1.26. The van der Waals surface area contributed by atoms with E-state index in [9.17, 15) is 4.79 Å². The number of anilines is 1. The molecule has 164 valence electrons. The molecular weight excluding hydrogens is 388 g/mol. The van der Waals surface area contributed by atoms with Gasteiger partial charge in [-0.05, 0) is 42.1 Å². The summed E-state index contributed by atoms with van der Waals surface area (Å²) < 4.78 is 11.1. The van der Waals surface area contributed by atoms with Crippen LogP contribution in [0.25, 0.3) is 11.0 Å². The number of amides is 1. The Kier molecular flexibility index (Phi) is 7.26. The fourth-order valence-electron chi connectivity index (χ4n) is 4.49. The highest BCUT2D eigenvalue weighted by atomic mass is 16.6. The third kappa shape index (κ3) is 5.88. The zero-order chi connectivity index (χ0) is 21.5. The standard InChI is InChI=1S/C26H32N2O3/c1-19(20-9-3-2-4-10-20)16-27-17-22-12-5-7-13-24(22)28-26(29)30-18-23-15-21-11-6-8-14-25(21)31-23/h5-8,11-15,19-20,27H,2-4,9-10,16-18H2,1H3,(H,28,29). The van der Waals surface area contributed by atoms with Gasteiger partial charge in [-0.3, -0.25) is 5.32 Å². The summed E-state index contributed by atoms with van der Waals surface area (Å²) in [5.74, 6) is 2.14. The number of nitrogens with one attached hydrogen (secondary N) is 2. The molecule has 0 saturated heterocycles. The van der Waals surface area contributed by atoms with Gasteiger partial charge in [0.05, 0.1) is 0 Å². The molecule has 1 aliphatic rings. The first-order chi connectivity index (χ1) is 15.2. The van der Waals surface area contributed by atoms with Crippen LogP contribution < -0.4 is 10.6 Å². The summed E-state index contributed by atoms with van der Waals surface area (Å²) in [7, 11) is 0. The number of ether oxygens (including phenoxy) is 1. The average molecular weight is 421 g/mol. The lowest BCUT2D eigenvalue weighted by Gasteiger charge is -2.28. The summed E-state index contributed by atoms with van der Waals surface area (Å²) in [5.41, 5.74) is 2.62. The molecule has 0 spiro atoms. The Morgan fingerprint density at radius 1 is 1.10 bits per heavy atom. The fourth-order valence-corrected chi connectivity index (χ4v) is 4.49. The van der Waals surface area contributed by atoms with Gasteiger partial charge in [0.1, 0.15) is 11.3 Å². The Morgan fingerprint density at radius 3 is 2.71 bits per heavy atom. The van der Waals surface area contributed by atoms with Crippen LogP contribution in [0, 0.1) is 11.8 Å². The SMILES string of the molecule is CC(CNCc1ccccc1NC(=O)OCc1cc2ccccc2o1)C1CCCCC1. The number of carbonyl (C=O) groups excluding carboxylic acids is 1. The molecule has 31 heavy (non-hydrogen) atoms. The van der Waals surface area contributed by atoms with Crippen molar-refractivity contribution in [3.63, 3.8) is 0 Å². The normalized spacial score (nSPS) is 15.6.